The third-order valence-corrected chi connectivity index (χ3v) is 7.22. The van der Waals surface area contributed by atoms with Crippen LogP contribution in [-0.4, -0.2) is 6.79 Å². The van der Waals surface area contributed by atoms with Gasteiger partial charge in [-0.15, -0.1) is 0 Å². The normalized spacial score (nSPS) is 16.1. The van der Waals surface area contributed by atoms with Crippen molar-refractivity contribution in [2.45, 2.75) is 12.5 Å². The number of rotatable bonds is 4. The van der Waals surface area contributed by atoms with Crippen molar-refractivity contribution in [2.75, 3.05) is 6.79 Å². The molecule has 0 amide bonds. The van der Waals surface area contributed by atoms with E-state index in [0.29, 0.717) is 34.5 Å². The molecule has 166 valence electrons. The first-order chi connectivity index (χ1) is 15.9. The fraction of sp³-hybridized carbons (Fsp3) is 0.125. The Labute approximate surface area is 222 Å². The average molecular weight is 685 g/mol. The van der Waals surface area contributed by atoms with E-state index in [2.05, 4.69) is 51.3 Å². The fourth-order valence-corrected chi connectivity index (χ4v) is 6.06. The summed E-state index contributed by atoms with van der Waals surface area (Å²) in [7, 11) is 0. The minimum atomic E-state index is -0.402. The van der Waals surface area contributed by atoms with Gasteiger partial charge in [-0.2, -0.15) is 5.26 Å². The molecule has 0 bridgehead atoms. The molecule has 0 unspecified atom stereocenters. The number of hydrogen-bond donors (Lipinski definition) is 1. The topological polar surface area (TPSA) is 86.7 Å². The summed E-state index contributed by atoms with van der Waals surface area (Å²) in [6, 6.07) is 17.4. The van der Waals surface area contributed by atoms with Gasteiger partial charge in [0, 0.05) is 16.7 Å². The van der Waals surface area contributed by atoms with E-state index in [-0.39, 0.29) is 12.7 Å². The number of benzene rings is 3. The van der Waals surface area contributed by atoms with Gasteiger partial charge in [-0.1, -0.05) is 23.7 Å². The fourth-order valence-electron chi connectivity index (χ4n) is 3.81. The van der Waals surface area contributed by atoms with E-state index in [1.54, 1.807) is 6.07 Å². The molecule has 2 N–H and O–H groups in total. The summed E-state index contributed by atoms with van der Waals surface area (Å²) < 4.78 is 24.7. The monoisotopic (exact) mass is 684 g/mol. The van der Waals surface area contributed by atoms with Crippen molar-refractivity contribution >= 4 is 56.8 Å². The van der Waals surface area contributed by atoms with Crippen LogP contribution >= 0.6 is 56.8 Å². The van der Waals surface area contributed by atoms with Crippen LogP contribution < -0.4 is 24.7 Å². The number of nitriles is 1. The highest BCUT2D eigenvalue weighted by Gasteiger charge is 2.34. The molecule has 6 nitrogen and oxygen atoms in total. The van der Waals surface area contributed by atoms with Crippen molar-refractivity contribution in [1.29, 1.82) is 5.26 Å². The van der Waals surface area contributed by atoms with Gasteiger partial charge in [0.2, 0.25) is 12.7 Å². The lowest BCUT2D eigenvalue weighted by Gasteiger charge is -2.27. The predicted octanol–water partition coefficient (Wildman–Crippen LogP) is 6.08. The molecule has 2 aliphatic heterocycles. The lowest BCUT2D eigenvalue weighted by molar-refractivity contribution is 0.174. The molecular weight excluding hydrogens is 670 g/mol. The Morgan fingerprint density at radius 1 is 1.03 bits per heavy atom. The smallest absolute Gasteiger partial charge is 0.231 e. The molecule has 5 rings (SSSR count). The molecule has 2 heterocycles. The summed E-state index contributed by atoms with van der Waals surface area (Å²) in [4.78, 5) is 0. The van der Waals surface area contributed by atoms with E-state index < -0.39 is 5.92 Å². The highest BCUT2D eigenvalue weighted by Crippen LogP contribution is 2.48. The molecule has 33 heavy (non-hydrogen) atoms. The van der Waals surface area contributed by atoms with Crippen LogP contribution in [0.1, 0.15) is 22.6 Å². The number of allylic oxidation sites excluding steroid dienone is 1. The molecule has 0 aromatic heterocycles. The Morgan fingerprint density at radius 3 is 2.36 bits per heavy atom. The van der Waals surface area contributed by atoms with Gasteiger partial charge < -0.3 is 24.7 Å². The number of nitrogens with two attached hydrogens (primary N) is 1. The lowest BCUT2D eigenvalue weighted by atomic mass is 9.83. The summed E-state index contributed by atoms with van der Waals surface area (Å²) in [6.45, 7) is 0.564. The highest BCUT2D eigenvalue weighted by atomic mass is 127. The minimum Gasteiger partial charge on any atom is -0.487 e. The Morgan fingerprint density at radius 2 is 1.70 bits per heavy atom. The van der Waals surface area contributed by atoms with Crippen LogP contribution in [0.25, 0.3) is 0 Å². The van der Waals surface area contributed by atoms with Crippen molar-refractivity contribution in [1.82, 2.24) is 0 Å². The maximum Gasteiger partial charge on any atom is 0.231 e. The number of nitrogens with zero attached hydrogens (tertiary/aromatic N) is 1. The largest absolute Gasteiger partial charge is 0.487 e. The van der Waals surface area contributed by atoms with Gasteiger partial charge in [-0.25, -0.2) is 0 Å². The molecular formula is C24H15ClI2N2O4. The highest BCUT2D eigenvalue weighted by molar-refractivity contribution is 14.1. The van der Waals surface area contributed by atoms with Gasteiger partial charge in [-0.3, -0.25) is 0 Å². The van der Waals surface area contributed by atoms with Crippen LogP contribution in [0.5, 0.6) is 23.0 Å². The van der Waals surface area contributed by atoms with Gasteiger partial charge in [-0.05, 0) is 86.6 Å². The summed E-state index contributed by atoms with van der Waals surface area (Å²) in [5.74, 6) is 2.22. The Kier molecular flexibility index (Phi) is 6.20. The summed E-state index contributed by atoms with van der Waals surface area (Å²) in [5, 5.41) is 10.6. The second-order valence-corrected chi connectivity index (χ2v) is 10.2. The van der Waals surface area contributed by atoms with Crippen LogP contribution in [-0.2, 0) is 6.61 Å². The molecule has 3 aromatic rings. The van der Waals surface area contributed by atoms with E-state index in [4.69, 9.17) is 36.3 Å². The molecule has 0 saturated carbocycles. The van der Waals surface area contributed by atoms with Crippen molar-refractivity contribution in [3.05, 3.63) is 88.8 Å². The Balaban J connectivity index is 1.52. The van der Waals surface area contributed by atoms with Gasteiger partial charge in [0.15, 0.2) is 11.5 Å². The van der Waals surface area contributed by atoms with Crippen molar-refractivity contribution in [3.8, 4) is 29.1 Å². The number of halogens is 3. The Bertz CT molecular complexity index is 1310. The first-order valence-corrected chi connectivity index (χ1v) is 12.4. The summed E-state index contributed by atoms with van der Waals surface area (Å²) >= 11 is 10.5. The van der Waals surface area contributed by atoms with Gasteiger partial charge in [0.1, 0.15) is 29.7 Å². The summed E-state index contributed by atoms with van der Waals surface area (Å²) in [6.07, 6.45) is 0. The lowest BCUT2D eigenvalue weighted by Crippen LogP contribution is -2.21. The van der Waals surface area contributed by atoms with Crippen molar-refractivity contribution in [2.24, 2.45) is 5.73 Å². The molecule has 0 fully saturated rings. The average Bonchev–Trinajstić information content (AvgIpc) is 3.24. The molecule has 9 heteroatoms. The molecule has 0 radical (unpaired) electrons. The van der Waals surface area contributed by atoms with Gasteiger partial charge >= 0.3 is 0 Å². The van der Waals surface area contributed by atoms with Gasteiger partial charge in [0.05, 0.1) is 13.1 Å². The molecule has 3 aromatic carbocycles. The third-order valence-electron chi connectivity index (χ3n) is 5.36. The second kappa shape index (κ2) is 9.12. The zero-order valence-electron chi connectivity index (χ0n) is 16.9. The third kappa shape index (κ3) is 4.29. The maximum atomic E-state index is 9.87. The first-order valence-electron chi connectivity index (χ1n) is 9.82. The first kappa shape index (κ1) is 22.4. The molecule has 0 saturated heterocycles. The number of ether oxygens (including phenoxy) is 4. The standard InChI is InChI=1S/C24H15ClI2N2O4/c25-14-3-1-12(2-4-14)10-30-23-17(26)5-13(6-18(23)27)22-15-7-20-21(32-11-31-20)8-19(15)33-24(29)16(22)9-28/h1-8,22H,10-11,29H2/t22-/m1/s1. The van der Waals surface area contributed by atoms with Crippen LogP contribution in [0.15, 0.2) is 60.0 Å². The maximum absolute atomic E-state index is 9.87. The SMILES string of the molecule is N#CC1=C(N)Oc2cc3c(cc2[C@H]1c1cc(I)c(OCc2ccc(Cl)cc2)c(I)c1)OCO3. The summed E-state index contributed by atoms with van der Waals surface area (Å²) in [5.41, 5.74) is 9.21. The molecule has 2 aliphatic rings. The second-order valence-electron chi connectivity index (χ2n) is 7.40. The quantitative estimate of drug-likeness (QED) is 0.336. The predicted molar refractivity (Wildman–Crippen MR) is 140 cm³/mol. The molecule has 0 spiro atoms. The van der Waals surface area contributed by atoms with E-state index >= 15 is 0 Å². The molecule has 1 atom stereocenters. The van der Waals surface area contributed by atoms with E-state index in [9.17, 15) is 5.26 Å². The molecule has 0 aliphatic carbocycles. The zero-order chi connectivity index (χ0) is 23.1. The zero-order valence-corrected chi connectivity index (χ0v) is 22.0. The van der Waals surface area contributed by atoms with Crippen molar-refractivity contribution in [3.63, 3.8) is 0 Å². The van der Waals surface area contributed by atoms with Crippen LogP contribution in [0, 0.1) is 18.5 Å². The van der Waals surface area contributed by atoms with Crippen molar-refractivity contribution < 1.29 is 18.9 Å². The van der Waals surface area contributed by atoms with Gasteiger partial charge in [0.25, 0.3) is 0 Å². The van der Waals surface area contributed by atoms with E-state index in [0.717, 1.165) is 29.6 Å². The minimum absolute atomic E-state index is 0.0851. The van der Waals surface area contributed by atoms with Crippen LogP contribution in [0.3, 0.4) is 0 Å². The number of hydrogen-bond acceptors (Lipinski definition) is 6. The van der Waals surface area contributed by atoms with E-state index in [1.165, 1.54) is 0 Å². The van der Waals surface area contributed by atoms with E-state index in [1.807, 2.05) is 42.5 Å². The van der Waals surface area contributed by atoms with Crippen LogP contribution in [0.4, 0.5) is 0 Å². The van der Waals surface area contributed by atoms with Crippen LogP contribution in [0.2, 0.25) is 5.02 Å². The number of fused-ring (bicyclic) bond motifs is 2. The Hall–Kier alpha value is -2.36.